The van der Waals surface area contributed by atoms with Crippen LogP contribution in [0.3, 0.4) is 0 Å². The molecule has 1 aliphatic heterocycles. The zero-order valence-electron chi connectivity index (χ0n) is 17.3. The molecule has 2 bridgehead atoms. The summed E-state index contributed by atoms with van der Waals surface area (Å²) in [6, 6.07) is 8.41. The van der Waals surface area contributed by atoms with Gasteiger partial charge in [0.1, 0.15) is 0 Å². The molecule has 0 amide bonds. The smallest absolute Gasteiger partial charge is 0.159 e. The molecule has 0 aromatic heterocycles. The van der Waals surface area contributed by atoms with Crippen LogP contribution in [0, 0.1) is 22.7 Å². The van der Waals surface area contributed by atoms with E-state index in [1.165, 1.54) is 12.8 Å². The molecule has 27 heavy (non-hydrogen) atoms. The molecule has 1 heterocycles. The van der Waals surface area contributed by atoms with Crippen molar-refractivity contribution in [2.75, 3.05) is 6.54 Å². The molecule has 0 spiro atoms. The number of halogens is 1. The second kappa shape index (κ2) is 7.02. The molecule has 2 aliphatic carbocycles. The maximum absolute atomic E-state index is 6.56. The van der Waals surface area contributed by atoms with Crippen LogP contribution in [0.25, 0.3) is 0 Å². The van der Waals surface area contributed by atoms with E-state index in [4.69, 9.17) is 21.1 Å². The first-order chi connectivity index (χ1) is 12.7. The van der Waals surface area contributed by atoms with Gasteiger partial charge in [-0.2, -0.15) is 0 Å². The Bertz CT molecular complexity index is 691. The third-order valence-corrected chi connectivity index (χ3v) is 8.29. The average molecular weight is 392 g/mol. The third-order valence-electron chi connectivity index (χ3n) is 7.95. The number of hydrogen-bond donors (Lipinski definition) is 1. The molecule has 1 aromatic carbocycles. The number of nitrogens with one attached hydrogen (secondary N) is 1. The van der Waals surface area contributed by atoms with Gasteiger partial charge in [0.2, 0.25) is 0 Å². The minimum Gasteiger partial charge on any atom is -0.349 e. The van der Waals surface area contributed by atoms with Gasteiger partial charge in [-0.05, 0) is 41.6 Å². The van der Waals surface area contributed by atoms with E-state index in [1.54, 1.807) is 0 Å². The van der Waals surface area contributed by atoms with Crippen LogP contribution in [0.4, 0.5) is 0 Å². The highest BCUT2D eigenvalue weighted by Crippen LogP contribution is 2.71. The van der Waals surface area contributed by atoms with Crippen molar-refractivity contribution >= 4 is 11.6 Å². The first kappa shape index (κ1) is 19.7. The molecule has 150 valence electrons. The lowest BCUT2D eigenvalue weighted by molar-refractivity contribution is -0.186. The second-order valence-electron chi connectivity index (χ2n) is 9.88. The van der Waals surface area contributed by atoms with Crippen LogP contribution in [-0.2, 0) is 9.47 Å². The van der Waals surface area contributed by atoms with Crippen LogP contribution in [0.2, 0.25) is 5.02 Å². The van der Waals surface area contributed by atoms with Crippen LogP contribution >= 0.6 is 11.6 Å². The number of benzene rings is 1. The molecule has 6 atom stereocenters. The summed E-state index contributed by atoms with van der Waals surface area (Å²) >= 11 is 6.48. The summed E-state index contributed by atoms with van der Waals surface area (Å²) < 4.78 is 13.1. The molecule has 0 unspecified atom stereocenters. The van der Waals surface area contributed by atoms with Gasteiger partial charge >= 0.3 is 0 Å². The van der Waals surface area contributed by atoms with Gasteiger partial charge < -0.3 is 14.8 Å². The minimum atomic E-state index is -0.133. The average Bonchev–Trinajstić information content (AvgIpc) is 3.17. The molecule has 1 N–H and O–H groups in total. The Labute approximate surface area is 169 Å². The third kappa shape index (κ3) is 3.15. The predicted molar refractivity (Wildman–Crippen MR) is 110 cm³/mol. The van der Waals surface area contributed by atoms with Crippen LogP contribution in [0.1, 0.15) is 65.5 Å². The molecule has 3 nitrogen and oxygen atoms in total. The van der Waals surface area contributed by atoms with Crippen molar-refractivity contribution < 1.29 is 9.47 Å². The standard InChI is InChI=1S/C23H34ClNO2/c1-14(2)25-13-19(15-8-6-7-9-18(15)24)26-20-12-16-17-10-11-23(5,21(16)27-20)22(17,3)4/h6-9,14,16-17,19-21,25H,10-13H2,1-5H3/t16-,17+,19-,20-,21-,23-/m0/s1. The van der Waals surface area contributed by atoms with E-state index in [1.807, 2.05) is 18.2 Å². The molecule has 3 fully saturated rings. The zero-order valence-corrected chi connectivity index (χ0v) is 18.1. The molecule has 4 rings (SSSR count). The number of ether oxygens (including phenoxy) is 2. The SMILES string of the molecule is CC(C)NC[C@H](O[C@@H]1C[C@H]2[C@H]3CC[C@@](C)([C@H]2O1)C3(C)C)c1ccccc1Cl. The van der Waals surface area contributed by atoms with Crippen LogP contribution in [-0.4, -0.2) is 25.0 Å². The number of fused-ring (bicyclic) bond motifs is 5. The summed E-state index contributed by atoms with van der Waals surface area (Å²) in [6.07, 6.45) is 3.73. The fourth-order valence-electron chi connectivity index (χ4n) is 6.06. The minimum absolute atomic E-state index is 0.0941. The van der Waals surface area contributed by atoms with E-state index < -0.39 is 0 Å². The summed E-state index contributed by atoms with van der Waals surface area (Å²) in [5.41, 5.74) is 1.69. The highest BCUT2D eigenvalue weighted by atomic mass is 35.5. The topological polar surface area (TPSA) is 30.5 Å². The van der Waals surface area contributed by atoms with Crippen molar-refractivity contribution in [3.63, 3.8) is 0 Å². The van der Waals surface area contributed by atoms with Gasteiger partial charge in [0.15, 0.2) is 6.29 Å². The fourth-order valence-corrected chi connectivity index (χ4v) is 6.32. The lowest BCUT2D eigenvalue weighted by Gasteiger charge is -2.39. The molecule has 2 saturated carbocycles. The van der Waals surface area contributed by atoms with Crippen molar-refractivity contribution in [2.24, 2.45) is 22.7 Å². The largest absolute Gasteiger partial charge is 0.349 e. The fraction of sp³-hybridized carbons (Fsp3) is 0.739. The molecule has 4 heteroatoms. The quantitative estimate of drug-likeness (QED) is 0.686. The molecular weight excluding hydrogens is 358 g/mol. The molecule has 1 saturated heterocycles. The Hall–Kier alpha value is -0.610. The lowest BCUT2D eigenvalue weighted by atomic mass is 9.70. The second-order valence-corrected chi connectivity index (χ2v) is 10.3. The monoisotopic (exact) mass is 391 g/mol. The summed E-state index contributed by atoms with van der Waals surface area (Å²) in [7, 11) is 0. The zero-order chi connectivity index (χ0) is 19.4. The first-order valence-electron chi connectivity index (χ1n) is 10.5. The molecular formula is C23H34ClNO2. The van der Waals surface area contributed by atoms with Crippen LogP contribution in [0.15, 0.2) is 24.3 Å². The maximum atomic E-state index is 6.56. The van der Waals surface area contributed by atoms with Gasteiger partial charge in [-0.25, -0.2) is 0 Å². The van der Waals surface area contributed by atoms with Crippen LogP contribution in [0.5, 0.6) is 0 Å². The van der Waals surface area contributed by atoms with E-state index in [9.17, 15) is 0 Å². The van der Waals surface area contributed by atoms with Crippen molar-refractivity contribution in [3.05, 3.63) is 34.9 Å². The van der Waals surface area contributed by atoms with Gasteiger partial charge in [0, 0.05) is 29.6 Å². The van der Waals surface area contributed by atoms with Crippen LogP contribution < -0.4 is 5.32 Å². The van der Waals surface area contributed by atoms with E-state index in [2.05, 4.69) is 46.0 Å². The van der Waals surface area contributed by atoms with Crippen molar-refractivity contribution in [1.29, 1.82) is 0 Å². The van der Waals surface area contributed by atoms with Crippen molar-refractivity contribution in [3.8, 4) is 0 Å². The lowest BCUT2D eigenvalue weighted by Crippen LogP contribution is -2.38. The van der Waals surface area contributed by atoms with E-state index >= 15 is 0 Å². The van der Waals surface area contributed by atoms with Gasteiger partial charge in [-0.3, -0.25) is 0 Å². The Kier molecular flexibility index (Phi) is 5.12. The highest BCUT2D eigenvalue weighted by molar-refractivity contribution is 6.31. The molecule has 3 aliphatic rings. The van der Waals surface area contributed by atoms with Crippen molar-refractivity contribution in [2.45, 2.75) is 78.4 Å². The molecule has 0 radical (unpaired) electrons. The van der Waals surface area contributed by atoms with Gasteiger partial charge in [0.05, 0.1) is 12.2 Å². The predicted octanol–water partition coefficient (Wildman–Crippen LogP) is 5.58. The summed E-state index contributed by atoms with van der Waals surface area (Å²) in [4.78, 5) is 0. The number of rotatable bonds is 6. The van der Waals surface area contributed by atoms with E-state index in [0.29, 0.717) is 23.5 Å². The Morgan fingerprint density at radius 3 is 2.67 bits per heavy atom. The maximum Gasteiger partial charge on any atom is 0.159 e. The van der Waals surface area contributed by atoms with Gasteiger partial charge in [0.25, 0.3) is 0 Å². The Balaban J connectivity index is 1.50. The van der Waals surface area contributed by atoms with Gasteiger partial charge in [-0.15, -0.1) is 0 Å². The first-order valence-corrected chi connectivity index (χ1v) is 10.9. The summed E-state index contributed by atoms with van der Waals surface area (Å²) in [5.74, 6) is 1.39. The highest BCUT2D eigenvalue weighted by Gasteiger charge is 2.69. The number of hydrogen-bond acceptors (Lipinski definition) is 3. The Morgan fingerprint density at radius 2 is 2.00 bits per heavy atom. The molecule has 1 aromatic rings. The normalized spacial score (nSPS) is 37.7. The van der Waals surface area contributed by atoms with E-state index in [-0.39, 0.29) is 17.8 Å². The van der Waals surface area contributed by atoms with Gasteiger partial charge in [-0.1, -0.05) is 64.4 Å². The Morgan fingerprint density at radius 1 is 1.26 bits per heavy atom. The van der Waals surface area contributed by atoms with Crippen molar-refractivity contribution in [1.82, 2.24) is 5.32 Å². The summed E-state index contributed by atoms with van der Waals surface area (Å²) in [6.45, 7) is 12.4. The summed E-state index contributed by atoms with van der Waals surface area (Å²) in [5, 5.41) is 4.27. The van der Waals surface area contributed by atoms with E-state index in [0.717, 1.165) is 29.5 Å².